The van der Waals surface area contributed by atoms with Crippen molar-refractivity contribution in [3.8, 4) is 5.75 Å². The molecule has 28 heavy (non-hydrogen) atoms. The average molecular weight is 386 g/mol. The van der Waals surface area contributed by atoms with E-state index in [1.165, 1.54) is 12.1 Å². The van der Waals surface area contributed by atoms with E-state index in [1.807, 2.05) is 26.0 Å². The van der Waals surface area contributed by atoms with Gasteiger partial charge in [0.15, 0.2) is 0 Å². The number of carboxylic acids is 1. The topological polar surface area (TPSA) is 68.9 Å². The molecule has 0 saturated heterocycles. The highest BCUT2D eigenvalue weighted by atomic mass is 19.1. The molecule has 6 heteroatoms. The van der Waals surface area contributed by atoms with Crippen LogP contribution in [0.4, 0.5) is 4.39 Å². The first kappa shape index (κ1) is 19.9. The molecule has 5 nitrogen and oxygen atoms in total. The second-order valence-electron chi connectivity index (χ2n) is 6.78. The molecule has 0 saturated carbocycles. The first-order chi connectivity index (χ1) is 13.4. The number of carboxylic acid groups (broad SMARTS) is 1. The summed E-state index contributed by atoms with van der Waals surface area (Å²) in [4.78, 5) is 10.8. The van der Waals surface area contributed by atoms with Crippen molar-refractivity contribution in [2.45, 2.75) is 39.9 Å². The molecule has 0 aliphatic heterocycles. The Morgan fingerprint density at radius 1 is 1.11 bits per heavy atom. The first-order valence-corrected chi connectivity index (χ1v) is 9.02. The minimum absolute atomic E-state index is 0.0874. The lowest BCUT2D eigenvalue weighted by Gasteiger charge is -2.14. The number of aryl methyl sites for hydroxylation is 1. The van der Waals surface area contributed by atoms with Gasteiger partial charge in [-0.05, 0) is 61.2 Å². The molecule has 2 aromatic carbocycles. The Labute approximate surface area is 162 Å². The zero-order chi connectivity index (χ0) is 20.3. The van der Waals surface area contributed by atoms with Crippen molar-refractivity contribution >= 4 is 16.9 Å². The summed E-state index contributed by atoms with van der Waals surface area (Å²) in [5, 5.41) is 9.54. The smallest absolute Gasteiger partial charge is 0.303 e. The standard InChI is InChI=1S/C22H23FO5/c1-13-14(2)20(6-4-15(13)5-7-21(24)25)27-11-17-9-18(23)8-16-10-19(12-26-3)28-22(16)17/h4,6,8-10H,5,7,11-12H2,1-3H3,(H,24,25). The van der Waals surface area contributed by atoms with E-state index in [0.717, 1.165) is 16.7 Å². The van der Waals surface area contributed by atoms with Crippen LogP contribution in [0.15, 0.2) is 34.7 Å². The molecule has 0 bridgehead atoms. The molecule has 0 atom stereocenters. The molecule has 3 rings (SSSR count). The van der Waals surface area contributed by atoms with Gasteiger partial charge in [-0.25, -0.2) is 4.39 Å². The summed E-state index contributed by atoms with van der Waals surface area (Å²) in [5.41, 5.74) is 4.12. The number of ether oxygens (including phenoxy) is 2. The Balaban J connectivity index is 1.82. The van der Waals surface area contributed by atoms with Gasteiger partial charge in [-0.15, -0.1) is 0 Å². The van der Waals surface area contributed by atoms with E-state index in [9.17, 15) is 9.18 Å². The average Bonchev–Trinajstić information content (AvgIpc) is 3.04. The number of carbonyl (C=O) groups is 1. The van der Waals surface area contributed by atoms with Gasteiger partial charge in [-0.1, -0.05) is 6.07 Å². The van der Waals surface area contributed by atoms with Crippen LogP contribution in [0.1, 0.15) is 34.4 Å². The van der Waals surface area contributed by atoms with E-state index in [2.05, 4.69) is 0 Å². The number of fused-ring (bicyclic) bond motifs is 1. The number of halogens is 1. The zero-order valence-electron chi connectivity index (χ0n) is 16.2. The van der Waals surface area contributed by atoms with E-state index < -0.39 is 5.97 Å². The molecule has 148 valence electrons. The van der Waals surface area contributed by atoms with E-state index in [1.54, 1.807) is 13.2 Å². The van der Waals surface area contributed by atoms with Crippen molar-refractivity contribution in [2.75, 3.05) is 7.11 Å². The summed E-state index contributed by atoms with van der Waals surface area (Å²) in [5.74, 6) is 0.128. The number of rotatable bonds is 8. The van der Waals surface area contributed by atoms with Crippen molar-refractivity contribution in [2.24, 2.45) is 0 Å². The molecular formula is C22H23FO5. The van der Waals surface area contributed by atoms with Crippen LogP contribution in [0.2, 0.25) is 0 Å². The molecule has 3 aromatic rings. The summed E-state index contributed by atoms with van der Waals surface area (Å²) in [6.07, 6.45) is 0.561. The Morgan fingerprint density at radius 2 is 1.89 bits per heavy atom. The SMILES string of the molecule is COCc1cc2cc(F)cc(COc3ccc(CCC(=O)O)c(C)c3C)c2o1. The van der Waals surface area contributed by atoms with Crippen LogP contribution in [0, 0.1) is 19.7 Å². The molecule has 0 aliphatic carbocycles. The lowest BCUT2D eigenvalue weighted by molar-refractivity contribution is -0.136. The molecule has 0 fully saturated rings. The first-order valence-electron chi connectivity index (χ1n) is 9.02. The zero-order valence-corrected chi connectivity index (χ0v) is 16.2. The molecule has 0 amide bonds. The highest BCUT2D eigenvalue weighted by molar-refractivity contribution is 5.81. The van der Waals surface area contributed by atoms with Gasteiger partial charge in [0, 0.05) is 24.5 Å². The molecule has 0 unspecified atom stereocenters. The monoisotopic (exact) mass is 386 g/mol. The summed E-state index contributed by atoms with van der Waals surface area (Å²) in [6.45, 7) is 4.35. The maximum absolute atomic E-state index is 14.0. The van der Waals surface area contributed by atoms with E-state index in [0.29, 0.717) is 41.1 Å². The van der Waals surface area contributed by atoms with Gasteiger partial charge in [-0.2, -0.15) is 0 Å². The highest BCUT2D eigenvalue weighted by Crippen LogP contribution is 2.29. The summed E-state index contributed by atoms with van der Waals surface area (Å²) in [7, 11) is 1.57. The Hall–Kier alpha value is -2.86. The van der Waals surface area contributed by atoms with Crippen LogP contribution in [0.3, 0.4) is 0 Å². The van der Waals surface area contributed by atoms with Crippen LogP contribution in [0.25, 0.3) is 11.0 Å². The molecular weight excluding hydrogens is 363 g/mol. The quantitative estimate of drug-likeness (QED) is 0.594. The van der Waals surface area contributed by atoms with Crippen LogP contribution in [0.5, 0.6) is 5.75 Å². The van der Waals surface area contributed by atoms with E-state index in [-0.39, 0.29) is 18.8 Å². The maximum Gasteiger partial charge on any atom is 0.303 e. The Bertz CT molecular complexity index is 1010. The second kappa shape index (κ2) is 8.44. The van der Waals surface area contributed by atoms with Crippen LogP contribution < -0.4 is 4.74 Å². The number of aliphatic carboxylic acids is 1. The minimum atomic E-state index is -0.821. The number of methoxy groups -OCH3 is 1. The van der Waals surface area contributed by atoms with Crippen LogP contribution >= 0.6 is 0 Å². The molecule has 0 spiro atoms. The third-order valence-corrected chi connectivity index (χ3v) is 4.84. The summed E-state index contributed by atoms with van der Waals surface area (Å²) >= 11 is 0. The summed E-state index contributed by atoms with van der Waals surface area (Å²) < 4.78 is 30.8. The fraction of sp³-hybridized carbons (Fsp3) is 0.318. The Morgan fingerprint density at radius 3 is 2.61 bits per heavy atom. The van der Waals surface area contributed by atoms with Gasteiger partial charge < -0.3 is 19.0 Å². The third-order valence-electron chi connectivity index (χ3n) is 4.84. The predicted molar refractivity (Wildman–Crippen MR) is 103 cm³/mol. The van der Waals surface area contributed by atoms with E-state index in [4.69, 9.17) is 19.0 Å². The predicted octanol–water partition coefficient (Wildman–Crippen LogP) is 4.93. The second-order valence-corrected chi connectivity index (χ2v) is 6.78. The summed E-state index contributed by atoms with van der Waals surface area (Å²) in [6, 6.07) is 8.30. The van der Waals surface area contributed by atoms with Crippen molar-refractivity contribution < 1.29 is 28.2 Å². The fourth-order valence-corrected chi connectivity index (χ4v) is 3.24. The minimum Gasteiger partial charge on any atom is -0.488 e. The number of benzene rings is 2. The normalized spacial score (nSPS) is 11.1. The van der Waals surface area contributed by atoms with Crippen LogP contribution in [-0.4, -0.2) is 18.2 Å². The Kier molecular flexibility index (Phi) is 5.99. The van der Waals surface area contributed by atoms with E-state index >= 15 is 0 Å². The van der Waals surface area contributed by atoms with Crippen molar-refractivity contribution in [1.29, 1.82) is 0 Å². The van der Waals surface area contributed by atoms with Gasteiger partial charge >= 0.3 is 5.97 Å². The van der Waals surface area contributed by atoms with Crippen molar-refractivity contribution in [3.63, 3.8) is 0 Å². The largest absolute Gasteiger partial charge is 0.488 e. The third kappa shape index (κ3) is 4.34. The fourth-order valence-electron chi connectivity index (χ4n) is 3.24. The number of hydrogen-bond donors (Lipinski definition) is 1. The van der Waals surface area contributed by atoms with Gasteiger partial charge in [0.25, 0.3) is 0 Å². The number of furan rings is 1. The van der Waals surface area contributed by atoms with Crippen LogP contribution in [-0.2, 0) is 29.2 Å². The molecule has 1 aromatic heterocycles. The number of hydrogen-bond acceptors (Lipinski definition) is 4. The molecule has 0 aliphatic rings. The van der Waals surface area contributed by atoms with Gasteiger partial charge in [0.1, 0.15) is 36.1 Å². The van der Waals surface area contributed by atoms with Crippen molar-refractivity contribution in [1.82, 2.24) is 0 Å². The van der Waals surface area contributed by atoms with Crippen molar-refractivity contribution in [3.05, 3.63) is 64.2 Å². The molecule has 1 N–H and O–H groups in total. The lowest BCUT2D eigenvalue weighted by Crippen LogP contribution is -2.03. The van der Waals surface area contributed by atoms with Gasteiger partial charge in [0.2, 0.25) is 0 Å². The highest BCUT2D eigenvalue weighted by Gasteiger charge is 2.13. The lowest BCUT2D eigenvalue weighted by atomic mass is 9.99. The molecule has 0 radical (unpaired) electrons. The maximum atomic E-state index is 14.0. The van der Waals surface area contributed by atoms with Gasteiger partial charge in [0.05, 0.1) is 0 Å². The van der Waals surface area contributed by atoms with Gasteiger partial charge in [-0.3, -0.25) is 4.79 Å². The molecule has 1 heterocycles.